The third-order valence-corrected chi connectivity index (χ3v) is 7.60. The first-order chi connectivity index (χ1) is 18.8. The molecule has 2 amide bonds. The maximum atomic E-state index is 13.2. The van der Waals surface area contributed by atoms with Crippen molar-refractivity contribution in [1.82, 2.24) is 10.3 Å². The maximum Gasteiger partial charge on any atom is 0.255 e. The van der Waals surface area contributed by atoms with Gasteiger partial charge in [0.25, 0.3) is 11.8 Å². The van der Waals surface area contributed by atoms with E-state index < -0.39 is 0 Å². The van der Waals surface area contributed by atoms with E-state index in [1.807, 2.05) is 68.4 Å². The highest BCUT2D eigenvalue weighted by Crippen LogP contribution is 2.44. The molecule has 1 aromatic heterocycles. The second kappa shape index (κ2) is 10.7. The number of hydrogen-bond donors (Lipinski definition) is 4. The van der Waals surface area contributed by atoms with Gasteiger partial charge in [0.1, 0.15) is 5.82 Å². The number of rotatable bonds is 6. The van der Waals surface area contributed by atoms with Crippen LogP contribution in [0.3, 0.4) is 0 Å². The van der Waals surface area contributed by atoms with Crippen molar-refractivity contribution in [3.05, 3.63) is 123 Å². The van der Waals surface area contributed by atoms with Gasteiger partial charge in [-0.15, -0.1) is 0 Å². The largest absolute Gasteiger partial charge is 0.395 e. The first kappa shape index (κ1) is 26.1. The lowest BCUT2D eigenvalue weighted by molar-refractivity contribution is 0.0949. The van der Waals surface area contributed by atoms with Crippen LogP contribution < -0.4 is 16.4 Å². The average molecular weight is 521 g/mol. The summed E-state index contributed by atoms with van der Waals surface area (Å²) >= 11 is 0. The number of hydrogen-bond acceptors (Lipinski definition) is 5. The van der Waals surface area contributed by atoms with E-state index in [1.165, 1.54) is 0 Å². The molecule has 0 fully saturated rings. The second-order valence-electron chi connectivity index (χ2n) is 10.1. The quantitative estimate of drug-likeness (QED) is 0.284. The number of aromatic nitrogens is 1. The van der Waals surface area contributed by atoms with Crippen LogP contribution in [0.5, 0.6) is 0 Å². The number of pyridine rings is 1. The van der Waals surface area contributed by atoms with Gasteiger partial charge in [0.05, 0.1) is 6.61 Å². The summed E-state index contributed by atoms with van der Waals surface area (Å²) < 4.78 is 0. The molecule has 39 heavy (non-hydrogen) atoms. The zero-order valence-electron chi connectivity index (χ0n) is 22.3. The van der Waals surface area contributed by atoms with Gasteiger partial charge in [-0.1, -0.05) is 37.3 Å². The van der Waals surface area contributed by atoms with Crippen molar-refractivity contribution in [3.63, 3.8) is 0 Å². The summed E-state index contributed by atoms with van der Waals surface area (Å²) in [6.07, 6.45) is 0. The smallest absolute Gasteiger partial charge is 0.255 e. The third-order valence-electron chi connectivity index (χ3n) is 7.60. The molecule has 3 aromatic carbocycles. The number of nitrogen functional groups attached to an aromatic ring is 1. The van der Waals surface area contributed by atoms with E-state index in [0.29, 0.717) is 29.2 Å². The lowest BCUT2D eigenvalue weighted by Gasteiger charge is -2.32. The highest BCUT2D eigenvalue weighted by atomic mass is 16.3. The molecule has 1 heterocycles. The molecule has 7 nitrogen and oxygen atoms in total. The van der Waals surface area contributed by atoms with Gasteiger partial charge in [-0.3, -0.25) is 9.59 Å². The number of aliphatic hydroxyl groups is 1. The standard InChI is InChI=1S/C32H32N4O3/c1-18-13-30(33)35-20(3)28(18)16-34-31(38)22-9-11-24-26(14-22)19(2)27-15-23(10-12-25(27)29(24)17-37)36-32(39)21-7-5-4-6-8-21/h4-15,19,29,37H,16-17H2,1-3H3,(H2,33,35)(H,34,38)(H,36,39)/t19-,29+/m0/s1. The molecule has 1 aliphatic rings. The molecule has 0 saturated heterocycles. The number of carbonyl (C=O) groups excluding carboxylic acids is 2. The van der Waals surface area contributed by atoms with E-state index >= 15 is 0 Å². The number of fused-ring (bicyclic) bond motifs is 2. The summed E-state index contributed by atoms with van der Waals surface area (Å²) in [5, 5.41) is 16.3. The fourth-order valence-corrected chi connectivity index (χ4v) is 5.50. The molecule has 4 aromatic rings. The van der Waals surface area contributed by atoms with Crippen LogP contribution >= 0.6 is 0 Å². The Morgan fingerprint density at radius 1 is 0.872 bits per heavy atom. The summed E-state index contributed by atoms with van der Waals surface area (Å²) in [5.41, 5.74) is 14.4. The first-order valence-corrected chi connectivity index (χ1v) is 13.0. The fraction of sp³-hybridized carbons (Fsp3) is 0.219. The molecular formula is C32H32N4O3. The Bertz CT molecular complexity index is 1540. The van der Waals surface area contributed by atoms with Crippen molar-refractivity contribution in [2.75, 3.05) is 17.7 Å². The molecule has 1 aliphatic carbocycles. The van der Waals surface area contributed by atoms with Crippen molar-refractivity contribution in [2.45, 2.75) is 39.2 Å². The Labute approximate surface area is 228 Å². The summed E-state index contributed by atoms with van der Waals surface area (Å²) in [7, 11) is 0. The van der Waals surface area contributed by atoms with E-state index in [0.717, 1.165) is 39.1 Å². The van der Waals surface area contributed by atoms with Crippen LogP contribution in [0.15, 0.2) is 72.8 Å². The minimum atomic E-state index is -0.215. The highest BCUT2D eigenvalue weighted by Gasteiger charge is 2.30. The van der Waals surface area contributed by atoms with Gasteiger partial charge in [-0.05, 0) is 89.7 Å². The van der Waals surface area contributed by atoms with Crippen molar-refractivity contribution < 1.29 is 14.7 Å². The minimum absolute atomic E-state index is 0.0371. The van der Waals surface area contributed by atoms with E-state index in [9.17, 15) is 14.7 Å². The third kappa shape index (κ3) is 5.13. The number of anilines is 2. The van der Waals surface area contributed by atoms with Crippen molar-refractivity contribution in [1.29, 1.82) is 0 Å². The van der Waals surface area contributed by atoms with Crippen LogP contribution in [0.4, 0.5) is 11.5 Å². The highest BCUT2D eigenvalue weighted by molar-refractivity contribution is 6.04. The van der Waals surface area contributed by atoms with Gasteiger partial charge in [-0.25, -0.2) is 4.98 Å². The molecule has 0 saturated carbocycles. The molecule has 0 bridgehead atoms. The van der Waals surface area contributed by atoms with E-state index in [-0.39, 0.29) is 30.3 Å². The topological polar surface area (TPSA) is 117 Å². The molecule has 0 radical (unpaired) electrons. The SMILES string of the molecule is Cc1cc(N)nc(C)c1CNC(=O)c1ccc2c(c1)[C@H](C)c1cc(NC(=O)c3ccccc3)ccc1[C@@H]2CO. The second-order valence-corrected chi connectivity index (χ2v) is 10.1. The number of benzene rings is 3. The van der Waals surface area contributed by atoms with Crippen LogP contribution in [-0.4, -0.2) is 28.5 Å². The molecule has 0 aliphatic heterocycles. The molecule has 2 atom stereocenters. The number of aryl methyl sites for hydroxylation is 2. The summed E-state index contributed by atoms with van der Waals surface area (Å²) in [5.74, 6) is -0.154. The Balaban J connectivity index is 1.40. The first-order valence-electron chi connectivity index (χ1n) is 13.0. The normalized spacial score (nSPS) is 15.7. The van der Waals surface area contributed by atoms with E-state index in [1.54, 1.807) is 18.2 Å². The van der Waals surface area contributed by atoms with E-state index in [4.69, 9.17) is 5.73 Å². The monoisotopic (exact) mass is 520 g/mol. The molecule has 0 unspecified atom stereocenters. The Hall–Kier alpha value is -4.49. The van der Waals surface area contributed by atoms with Crippen LogP contribution in [0.2, 0.25) is 0 Å². The number of carbonyl (C=O) groups is 2. The molecule has 7 heteroatoms. The zero-order valence-corrected chi connectivity index (χ0v) is 22.3. The summed E-state index contributed by atoms with van der Waals surface area (Å²) in [6, 6.07) is 22.4. The van der Waals surface area contributed by atoms with E-state index in [2.05, 4.69) is 22.5 Å². The average Bonchev–Trinajstić information content (AvgIpc) is 2.93. The number of nitrogens with one attached hydrogen (secondary N) is 2. The predicted molar refractivity (Wildman–Crippen MR) is 153 cm³/mol. The van der Waals surface area contributed by atoms with Crippen molar-refractivity contribution >= 4 is 23.3 Å². The van der Waals surface area contributed by atoms with Crippen molar-refractivity contribution in [3.8, 4) is 0 Å². The van der Waals surface area contributed by atoms with Gasteiger partial charge < -0.3 is 21.5 Å². The summed E-state index contributed by atoms with van der Waals surface area (Å²) in [6.45, 7) is 6.22. The number of amides is 2. The van der Waals surface area contributed by atoms with Crippen LogP contribution in [0.1, 0.15) is 78.6 Å². The molecule has 5 rings (SSSR count). The van der Waals surface area contributed by atoms with Gasteiger partial charge in [0, 0.05) is 40.9 Å². The Morgan fingerprint density at radius 3 is 2.26 bits per heavy atom. The minimum Gasteiger partial charge on any atom is -0.395 e. The van der Waals surface area contributed by atoms with Crippen LogP contribution in [0, 0.1) is 13.8 Å². The Morgan fingerprint density at radius 2 is 1.56 bits per heavy atom. The van der Waals surface area contributed by atoms with Gasteiger partial charge >= 0.3 is 0 Å². The lowest BCUT2D eigenvalue weighted by atomic mass is 9.73. The number of nitrogens with zero attached hydrogens (tertiary/aromatic N) is 1. The maximum absolute atomic E-state index is 13.2. The molecule has 198 valence electrons. The number of nitrogens with two attached hydrogens (primary N) is 1. The predicted octanol–water partition coefficient (Wildman–Crippen LogP) is 5.05. The summed E-state index contributed by atoms with van der Waals surface area (Å²) in [4.78, 5) is 30.2. The van der Waals surface area contributed by atoms with Gasteiger partial charge in [0.2, 0.25) is 0 Å². The Kier molecular flexibility index (Phi) is 7.17. The van der Waals surface area contributed by atoms with Crippen LogP contribution in [-0.2, 0) is 6.54 Å². The molecular weight excluding hydrogens is 488 g/mol. The molecule has 5 N–H and O–H groups in total. The molecule has 0 spiro atoms. The fourth-order valence-electron chi connectivity index (χ4n) is 5.50. The lowest BCUT2D eigenvalue weighted by Crippen LogP contribution is -2.25. The van der Waals surface area contributed by atoms with Gasteiger partial charge in [-0.2, -0.15) is 0 Å². The van der Waals surface area contributed by atoms with Crippen molar-refractivity contribution in [2.24, 2.45) is 0 Å². The van der Waals surface area contributed by atoms with Crippen LogP contribution in [0.25, 0.3) is 0 Å². The number of aliphatic hydroxyl groups excluding tert-OH is 1. The zero-order chi connectivity index (χ0) is 27.7. The van der Waals surface area contributed by atoms with Gasteiger partial charge in [0.15, 0.2) is 0 Å².